The minimum absolute atomic E-state index is 0.133. The molecule has 1 aromatic heterocycles. The third-order valence-electron chi connectivity index (χ3n) is 3.05. The molecule has 1 aromatic rings. The molecule has 1 heterocycles. The van der Waals surface area contributed by atoms with Crippen molar-refractivity contribution in [3.8, 4) is 0 Å². The molecule has 0 amide bonds. The van der Waals surface area contributed by atoms with Crippen LogP contribution in [-0.4, -0.2) is 43.5 Å². The van der Waals surface area contributed by atoms with Crippen molar-refractivity contribution in [2.45, 2.75) is 25.0 Å². The lowest BCUT2D eigenvalue weighted by molar-refractivity contribution is 0.555. The summed E-state index contributed by atoms with van der Waals surface area (Å²) in [6, 6.07) is 5.72. The maximum absolute atomic E-state index is 11.5. The number of pyridine rings is 1. The van der Waals surface area contributed by atoms with Gasteiger partial charge in [-0.2, -0.15) is 0 Å². The average Bonchev–Trinajstić information content (AvgIpc) is 2.36. The second-order valence-electron chi connectivity index (χ2n) is 5.23. The van der Waals surface area contributed by atoms with Crippen LogP contribution in [0.1, 0.15) is 19.5 Å². The van der Waals surface area contributed by atoms with E-state index in [-0.39, 0.29) is 12.5 Å². The van der Waals surface area contributed by atoms with Crippen molar-refractivity contribution in [1.29, 1.82) is 0 Å². The Bertz CT molecular complexity index is 553. The first-order chi connectivity index (χ1) is 9.22. The predicted octanol–water partition coefficient (Wildman–Crippen LogP) is 0.352. The van der Waals surface area contributed by atoms with Crippen LogP contribution < -0.4 is 11.1 Å². The fourth-order valence-electron chi connectivity index (χ4n) is 1.31. The molecule has 112 valence electrons. The van der Waals surface area contributed by atoms with Gasteiger partial charge in [0.25, 0.3) is 0 Å². The summed E-state index contributed by atoms with van der Waals surface area (Å²) in [5.41, 5.74) is 6.67. The second kappa shape index (κ2) is 6.69. The second-order valence-corrected chi connectivity index (χ2v) is 7.88. The zero-order chi connectivity index (χ0) is 15.2. The fourth-order valence-corrected chi connectivity index (χ4v) is 1.61. The Morgan fingerprint density at radius 2 is 2.15 bits per heavy atom. The highest BCUT2D eigenvalue weighted by atomic mass is 32.2. The summed E-state index contributed by atoms with van der Waals surface area (Å²) in [5.74, 6) is 0.248. The molecule has 0 aliphatic carbocycles. The van der Waals surface area contributed by atoms with Crippen LogP contribution in [0.25, 0.3) is 0 Å². The third-order valence-corrected chi connectivity index (χ3v) is 5.18. The van der Waals surface area contributed by atoms with Crippen LogP contribution in [0.2, 0.25) is 0 Å². The summed E-state index contributed by atoms with van der Waals surface area (Å²) in [7, 11) is -3.16. The molecular weight excluding hydrogens is 276 g/mol. The number of rotatable bonds is 6. The van der Waals surface area contributed by atoms with Crippen LogP contribution >= 0.6 is 0 Å². The minimum Gasteiger partial charge on any atom is -0.370 e. The summed E-state index contributed by atoms with van der Waals surface area (Å²) >= 11 is 0. The Balaban J connectivity index is 2.43. The largest absolute Gasteiger partial charge is 0.370 e. The van der Waals surface area contributed by atoms with Gasteiger partial charge in [0.15, 0.2) is 15.8 Å². The molecule has 0 atom stereocenters. The van der Waals surface area contributed by atoms with Crippen molar-refractivity contribution in [1.82, 2.24) is 10.3 Å². The van der Waals surface area contributed by atoms with Crippen molar-refractivity contribution < 1.29 is 8.42 Å². The zero-order valence-electron chi connectivity index (χ0n) is 12.1. The number of hydrogen-bond acceptors (Lipinski definition) is 4. The number of nitrogens with zero attached hydrogens (tertiary/aromatic N) is 2. The summed E-state index contributed by atoms with van der Waals surface area (Å²) in [6.07, 6.45) is 3.67. The van der Waals surface area contributed by atoms with Crippen LogP contribution in [0.4, 0.5) is 0 Å². The van der Waals surface area contributed by atoms with Gasteiger partial charge in [0.1, 0.15) is 0 Å². The van der Waals surface area contributed by atoms with Crippen molar-refractivity contribution in [3.63, 3.8) is 0 Å². The molecule has 0 aliphatic heterocycles. The van der Waals surface area contributed by atoms with Crippen molar-refractivity contribution in [2.75, 3.05) is 19.3 Å². The van der Waals surface area contributed by atoms with Crippen LogP contribution in [0, 0.1) is 0 Å². The maximum Gasteiger partial charge on any atom is 0.188 e. The molecule has 0 saturated carbocycles. The van der Waals surface area contributed by atoms with E-state index in [4.69, 9.17) is 5.73 Å². The molecule has 0 spiro atoms. The van der Waals surface area contributed by atoms with E-state index in [2.05, 4.69) is 15.3 Å². The lowest BCUT2D eigenvalue weighted by Gasteiger charge is -2.20. The van der Waals surface area contributed by atoms with Gasteiger partial charge >= 0.3 is 0 Å². The molecule has 0 radical (unpaired) electrons. The number of hydrogen-bond donors (Lipinski definition) is 2. The standard InChI is InChI=1S/C13H22N4O2S/c1-13(2,20(3,18)19)10-17-12(14)16-9-7-11-6-4-5-8-15-11/h4-6,8H,7,9-10H2,1-3H3,(H3,14,16,17). The quantitative estimate of drug-likeness (QED) is 0.583. The van der Waals surface area contributed by atoms with Crippen LogP contribution in [0.5, 0.6) is 0 Å². The zero-order valence-corrected chi connectivity index (χ0v) is 12.9. The smallest absolute Gasteiger partial charge is 0.188 e. The first-order valence-electron chi connectivity index (χ1n) is 6.36. The molecule has 20 heavy (non-hydrogen) atoms. The fraction of sp³-hybridized carbons (Fsp3) is 0.538. The summed E-state index contributed by atoms with van der Waals surface area (Å²) < 4.78 is 22.1. The van der Waals surface area contributed by atoms with Gasteiger partial charge < -0.3 is 11.1 Å². The van der Waals surface area contributed by atoms with E-state index in [0.717, 1.165) is 12.1 Å². The topological polar surface area (TPSA) is 97.4 Å². The minimum atomic E-state index is -3.16. The van der Waals surface area contributed by atoms with Crippen molar-refractivity contribution >= 4 is 15.8 Å². The van der Waals surface area contributed by atoms with Crippen LogP contribution in [0.3, 0.4) is 0 Å². The molecule has 6 nitrogen and oxygen atoms in total. The molecule has 0 aromatic carbocycles. The number of sulfone groups is 1. The van der Waals surface area contributed by atoms with Gasteiger partial charge in [-0.3, -0.25) is 9.98 Å². The van der Waals surface area contributed by atoms with Crippen LogP contribution in [0.15, 0.2) is 29.4 Å². The molecule has 1 rings (SSSR count). The van der Waals surface area contributed by atoms with Gasteiger partial charge in [0.05, 0.1) is 11.3 Å². The first kappa shape index (κ1) is 16.4. The molecule has 0 bridgehead atoms. The Hall–Kier alpha value is -1.63. The lowest BCUT2D eigenvalue weighted by atomic mass is 10.2. The van der Waals surface area contributed by atoms with E-state index < -0.39 is 14.6 Å². The van der Waals surface area contributed by atoms with Crippen LogP contribution in [-0.2, 0) is 16.3 Å². The highest BCUT2D eigenvalue weighted by Crippen LogP contribution is 2.14. The number of nitrogens with one attached hydrogen (secondary N) is 1. The number of aliphatic imine (C=N–C) groups is 1. The molecule has 7 heteroatoms. The van der Waals surface area contributed by atoms with Gasteiger partial charge in [0, 0.05) is 31.1 Å². The highest BCUT2D eigenvalue weighted by molar-refractivity contribution is 7.92. The monoisotopic (exact) mass is 298 g/mol. The third kappa shape index (κ3) is 5.16. The molecule has 3 N–H and O–H groups in total. The average molecular weight is 298 g/mol. The van der Waals surface area contributed by atoms with E-state index in [1.807, 2.05) is 18.2 Å². The van der Waals surface area contributed by atoms with E-state index in [1.165, 1.54) is 6.26 Å². The molecule has 0 fully saturated rings. The molecular formula is C13H22N4O2S. The van der Waals surface area contributed by atoms with Gasteiger partial charge in [-0.1, -0.05) is 6.07 Å². The summed E-state index contributed by atoms with van der Waals surface area (Å²) in [4.78, 5) is 8.27. The maximum atomic E-state index is 11.5. The summed E-state index contributed by atoms with van der Waals surface area (Å²) in [5, 5.41) is 2.95. The summed E-state index contributed by atoms with van der Waals surface area (Å²) in [6.45, 7) is 4.00. The van der Waals surface area contributed by atoms with E-state index in [1.54, 1.807) is 20.0 Å². The first-order valence-corrected chi connectivity index (χ1v) is 8.25. The van der Waals surface area contributed by atoms with Gasteiger partial charge in [-0.15, -0.1) is 0 Å². The van der Waals surface area contributed by atoms with Gasteiger partial charge in [-0.25, -0.2) is 8.42 Å². The SMILES string of the molecule is CC(C)(CN=C(N)NCCc1ccccn1)S(C)(=O)=O. The normalized spacial score (nSPS) is 13.2. The Labute approximate surface area is 120 Å². The number of nitrogens with two attached hydrogens (primary N) is 1. The number of aromatic nitrogens is 1. The highest BCUT2D eigenvalue weighted by Gasteiger charge is 2.29. The van der Waals surface area contributed by atoms with Crippen molar-refractivity contribution in [2.24, 2.45) is 10.7 Å². The van der Waals surface area contributed by atoms with Gasteiger partial charge in [-0.05, 0) is 26.0 Å². The van der Waals surface area contributed by atoms with E-state index in [9.17, 15) is 8.42 Å². The van der Waals surface area contributed by atoms with E-state index >= 15 is 0 Å². The predicted molar refractivity (Wildman–Crippen MR) is 81.4 cm³/mol. The van der Waals surface area contributed by atoms with Gasteiger partial charge in [0.2, 0.25) is 0 Å². The van der Waals surface area contributed by atoms with Crippen molar-refractivity contribution in [3.05, 3.63) is 30.1 Å². The Kier molecular flexibility index (Phi) is 5.50. The number of guanidine groups is 1. The van der Waals surface area contributed by atoms with E-state index in [0.29, 0.717) is 6.54 Å². The Morgan fingerprint density at radius 1 is 1.45 bits per heavy atom. The molecule has 0 saturated heterocycles. The molecule has 0 aliphatic rings. The Morgan fingerprint density at radius 3 is 2.70 bits per heavy atom. The molecule has 0 unspecified atom stereocenters. The lowest BCUT2D eigenvalue weighted by Crippen LogP contribution is -2.38.